The van der Waals surface area contributed by atoms with E-state index in [9.17, 15) is 9.18 Å². The molecule has 4 heteroatoms. The molecule has 0 spiro atoms. The topological polar surface area (TPSA) is 39.2 Å². The van der Waals surface area contributed by atoms with Gasteiger partial charge in [0.15, 0.2) is 17.3 Å². The normalized spacial score (nSPS) is 10.1. The number of aromatic nitrogens is 1. The van der Waals surface area contributed by atoms with E-state index in [-0.39, 0.29) is 18.0 Å². The van der Waals surface area contributed by atoms with Crippen LogP contribution in [-0.2, 0) is 6.42 Å². The van der Waals surface area contributed by atoms with Gasteiger partial charge in [-0.05, 0) is 23.8 Å². The van der Waals surface area contributed by atoms with Crippen LogP contribution < -0.4 is 4.74 Å². The molecule has 0 amide bonds. The first-order valence-corrected chi connectivity index (χ1v) is 5.47. The number of halogens is 1. The minimum Gasteiger partial charge on any atom is -0.494 e. The van der Waals surface area contributed by atoms with Crippen LogP contribution in [0.5, 0.6) is 5.75 Å². The van der Waals surface area contributed by atoms with Gasteiger partial charge in [0.25, 0.3) is 0 Å². The first kappa shape index (κ1) is 12.2. The average Bonchev–Trinajstić information content (AvgIpc) is 2.42. The molecule has 1 heterocycles. The standard InChI is InChI=1S/C14H12FNO2/c1-18-13-4-2-3-11(14(13)15)9-12(17)10-5-7-16-8-6-10/h2-8H,9H2,1H3. The second-order valence-electron chi connectivity index (χ2n) is 3.77. The van der Waals surface area contributed by atoms with E-state index in [1.165, 1.54) is 25.6 Å². The molecule has 0 aliphatic rings. The van der Waals surface area contributed by atoms with E-state index in [1.54, 1.807) is 24.3 Å². The molecule has 0 fully saturated rings. The van der Waals surface area contributed by atoms with E-state index >= 15 is 0 Å². The predicted molar refractivity (Wildman–Crippen MR) is 65.2 cm³/mol. The molecule has 1 aromatic heterocycles. The molecule has 0 aliphatic heterocycles. The third-order valence-electron chi connectivity index (χ3n) is 2.62. The lowest BCUT2D eigenvalue weighted by atomic mass is 10.0. The molecule has 18 heavy (non-hydrogen) atoms. The highest BCUT2D eigenvalue weighted by molar-refractivity contribution is 5.97. The van der Waals surface area contributed by atoms with Crippen molar-refractivity contribution < 1.29 is 13.9 Å². The van der Waals surface area contributed by atoms with E-state index in [2.05, 4.69) is 4.98 Å². The van der Waals surface area contributed by atoms with Gasteiger partial charge in [-0.2, -0.15) is 0 Å². The second kappa shape index (κ2) is 5.40. The summed E-state index contributed by atoms with van der Waals surface area (Å²) >= 11 is 0. The molecule has 0 atom stereocenters. The summed E-state index contributed by atoms with van der Waals surface area (Å²) in [5, 5.41) is 0. The van der Waals surface area contributed by atoms with Gasteiger partial charge in [-0.25, -0.2) is 4.39 Å². The van der Waals surface area contributed by atoms with Crippen LogP contribution in [0, 0.1) is 5.82 Å². The number of hydrogen-bond acceptors (Lipinski definition) is 3. The van der Waals surface area contributed by atoms with Crippen LogP contribution in [0.4, 0.5) is 4.39 Å². The highest BCUT2D eigenvalue weighted by atomic mass is 19.1. The Kier molecular flexibility index (Phi) is 3.67. The van der Waals surface area contributed by atoms with Gasteiger partial charge in [0, 0.05) is 24.4 Å². The maximum absolute atomic E-state index is 13.9. The fourth-order valence-corrected chi connectivity index (χ4v) is 1.66. The quantitative estimate of drug-likeness (QED) is 0.777. The molecule has 0 N–H and O–H groups in total. The molecule has 2 rings (SSSR count). The van der Waals surface area contributed by atoms with Gasteiger partial charge in [0.2, 0.25) is 0 Å². The highest BCUT2D eigenvalue weighted by Gasteiger charge is 2.13. The van der Waals surface area contributed by atoms with Crippen LogP contribution in [0.25, 0.3) is 0 Å². The summed E-state index contributed by atoms with van der Waals surface area (Å²) in [7, 11) is 1.40. The van der Waals surface area contributed by atoms with Gasteiger partial charge in [0.05, 0.1) is 7.11 Å². The van der Waals surface area contributed by atoms with Crippen molar-refractivity contribution in [2.24, 2.45) is 0 Å². The van der Waals surface area contributed by atoms with Crippen LogP contribution >= 0.6 is 0 Å². The van der Waals surface area contributed by atoms with Gasteiger partial charge < -0.3 is 4.74 Å². The Bertz CT molecular complexity index is 555. The molecule has 3 nitrogen and oxygen atoms in total. The molecular weight excluding hydrogens is 233 g/mol. The number of carbonyl (C=O) groups is 1. The van der Waals surface area contributed by atoms with Crippen LogP contribution in [0.1, 0.15) is 15.9 Å². The SMILES string of the molecule is COc1cccc(CC(=O)c2ccncc2)c1F. The number of hydrogen-bond donors (Lipinski definition) is 0. The van der Waals surface area contributed by atoms with E-state index in [0.717, 1.165) is 0 Å². The van der Waals surface area contributed by atoms with Gasteiger partial charge in [-0.15, -0.1) is 0 Å². The number of pyridine rings is 1. The number of nitrogens with zero attached hydrogens (tertiary/aromatic N) is 1. The summed E-state index contributed by atoms with van der Waals surface area (Å²) < 4.78 is 18.7. The summed E-state index contributed by atoms with van der Waals surface area (Å²) in [5.41, 5.74) is 0.850. The van der Waals surface area contributed by atoms with Crippen LogP contribution in [-0.4, -0.2) is 17.9 Å². The number of ether oxygens (including phenoxy) is 1. The maximum atomic E-state index is 13.9. The molecule has 0 saturated carbocycles. The Morgan fingerprint density at radius 2 is 2.00 bits per heavy atom. The van der Waals surface area contributed by atoms with E-state index in [4.69, 9.17) is 4.74 Å². The molecule has 0 saturated heterocycles. The zero-order valence-electron chi connectivity index (χ0n) is 9.89. The summed E-state index contributed by atoms with van der Waals surface area (Å²) in [5.74, 6) is -0.484. The third kappa shape index (κ3) is 2.53. The molecular formula is C14H12FNO2. The Morgan fingerprint density at radius 1 is 1.28 bits per heavy atom. The first-order valence-electron chi connectivity index (χ1n) is 5.47. The van der Waals surface area contributed by atoms with Crippen molar-refractivity contribution in [3.8, 4) is 5.75 Å². The molecule has 0 bridgehead atoms. The van der Waals surface area contributed by atoms with E-state index in [1.807, 2.05) is 0 Å². The Hall–Kier alpha value is -2.23. The van der Waals surface area contributed by atoms with Crippen molar-refractivity contribution in [1.82, 2.24) is 4.98 Å². The van der Waals surface area contributed by atoms with Crippen molar-refractivity contribution in [3.63, 3.8) is 0 Å². The molecule has 0 unspecified atom stereocenters. The monoisotopic (exact) mass is 245 g/mol. The Balaban J connectivity index is 2.22. The smallest absolute Gasteiger partial charge is 0.168 e. The molecule has 1 aromatic carbocycles. The number of ketones is 1. The first-order chi connectivity index (χ1) is 8.72. The van der Waals surface area contributed by atoms with Crippen molar-refractivity contribution in [3.05, 3.63) is 59.7 Å². The van der Waals surface area contributed by atoms with Gasteiger partial charge in [-0.1, -0.05) is 12.1 Å². The van der Waals surface area contributed by atoms with Gasteiger partial charge >= 0.3 is 0 Å². The zero-order chi connectivity index (χ0) is 13.0. The lowest BCUT2D eigenvalue weighted by Gasteiger charge is -2.06. The fourth-order valence-electron chi connectivity index (χ4n) is 1.66. The van der Waals surface area contributed by atoms with Crippen molar-refractivity contribution in [2.75, 3.05) is 7.11 Å². The lowest BCUT2D eigenvalue weighted by Crippen LogP contribution is -2.06. The van der Waals surface area contributed by atoms with Gasteiger partial charge in [0.1, 0.15) is 0 Å². The number of rotatable bonds is 4. The second-order valence-corrected chi connectivity index (χ2v) is 3.77. The number of carbonyl (C=O) groups excluding carboxylic acids is 1. The van der Waals surface area contributed by atoms with Crippen molar-refractivity contribution in [2.45, 2.75) is 6.42 Å². The van der Waals surface area contributed by atoms with Crippen molar-refractivity contribution in [1.29, 1.82) is 0 Å². The van der Waals surface area contributed by atoms with Crippen LogP contribution in [0.3, 0.4) is 0 Å². The minimum atomic E-state index is -0.484. The van der Waals surface area contributed by atoms with Crippen molar-refractivity contribution >= 4 is 5.78 Å². The Labute approximate surface area is 104 Å². The molecule has 92 valence electrons. The molecule has 0 radical (unpaired) electrons. The lowest BCUT2D eigenvalue weighted by molar-refractivity contribution is 0.0991. The van der Waals surface area contributed by atoms with Crippen LogP contribution in [0.2, 0.25) is 0 Å². The summed E-state index contributed by atoms with van der Waals surface area (Å²) in [4.78, 5) is 15.8. The Morgan fingerprint density at radius 3 is 2.67 bits per heavy atom. The largest absolute Gasteiger partial charge is 0.494 e. The van der Waals surface area contributed by atoms with E-state index in [0.29, 0.717) is 11.1 Å². The van der Waals surface area contributed by atoms with E-state index < -0.39 is 5.82 Å². The molecule has 2 aromatic rings. The zero-order valence-corrected chi connectivity index (χ0v) is 9.89. The summed E-state index contributed by atoms with van der Waals surface area (Å²) in [6.45, 7) is 0. The van der Waals surface area contributed by atoms with Gasteiger partial charge in [-0.3, -0.25) is 9.78 Å². The summed E-state index contributed by atoms with van der Waals surface area (Å²) in [6.07, 6.45) is 3.08. The average molecular weight is 245 g/mol. The molecule has 0 aliphatic carbocycles. The number of methoxy groups -OCH3 is 1. The predicted octanol–water partition coefficient (Wildman–Crippen LogP) is 2.65. The number of Topliss-reactive ketones (excluding diaryl/α,β-unsaturated/α-hetero) is 1. The number of benzene rings is 1. The maximum Gasteiger partial charge on any atom is 0.168 e. The minimum absolute atomic E-state index is 0.00699. The highest BCUT2D eigenvalue weighted by Crippen LogP contribution is 2.21. The third-order valence-corrected chi connectivity index (χ3v) is 2.62. The van der Waals surface area contributed by atoms with Crippen LogP contribution in [0.15, 0.2) is 42.7 Å². The fraction of sp³-hybridized carbons (Fsp3) is 0.143. The summed E-state index contributed by atoms with van der Waals surface area (Å²) in [6, 6.07) is 7.99.